The Morgan fingerprint density at radius 1 is 1.35 bits per heavy atom. The SMILES string of the molecule is Cc1c(N[C@H](C)C(C)C)cccc1C(=O)NC[C@@H]1CN2CCC[C@@H]2CO1. The zero-order valence-electron chi connectivity index (χ0n) is 16.5. The molecule has 5 heteroatoms. The van der Waals surface area contributed by atoms with Crippen LogP contribution in [0, 0.1) is 12.8 Å². The minimum absolute atomic E-state index is 0.0181. The standard InChI is InChI=1S/C21H33N3O2/c1-14(2)16(4)23-20-9-5-8-19(15(20)3)21(25)22-11-18-12-24-10-6-7-17(24)13-26-18/h5,8-9,14,16-18,23H,6-7,10-13H2,1-4H3,(H,22,25)/t16-,17-,18-/m1/s1. The van der Waals surface area contributed by atoms with Crippen molar-refractivity contribution in [1.29, 1.82) is 0 Å². The summed E-state index contributed by atoms with van der Waals surface area (Å²) in [7, 11) is 0. The summed E-state index contributed by atoms with van der Waals surface area (Å²) in [6.07, 6.45) is 2.60. The number of amides is 1. The summed E-state index contributed by atoms with van der Waals surface area (Å²) in [5.41, 5.74) is 2.77. The number of carbonyl (C=O) groups excluding carboxylic acids is 1. The predicted octanol–water partition coefficient (Wildman–Crippen LogP) is 3.04. The number of anilines is 1. The second kappa shape index (κ2) is 8.40. The fourth-order valence-corrected chi connectivity index (χ4v) is 3.76. The lowest BCUT2D eigenvalue weighted by Crippen LogP contribution is -2.50. The van der Waals surface area contributed by atoms with Gasteiger partial charge in [0.15, 0.2) is 0 Å². The van der Waals surface area contributed by atoms with Crippen LogP contribution < -0.4 is 10.6 Å². The smallest absolute Gasteiger partial charge is 0.251 e. The molecule has 1 amide bonds. The molecule has 3 atom stereocenters. The van der Waals surface area contributed by atoms with Crippen molar-refractivity contribution in [1.82, 2.24) is 10.2 Å². The number of morpholine rings is 1. The van der Waals surface area contributed by atoms with E-state index in [1.54, 1.807) is 0 Å². The number of fused-ring (bicyclic) bond motifs is 1. The third-order valence-electron chi connectivity index (χ3n) is 5.91. The van der Waals surface area contributed by atoms with Crippen molar-refractivity contribution in [3.05, 3.63) is 29.3 Å². The number of ether oxygens (including phenoxy) is 1. The number of nitrogens with one attached hydrogen (secondary N) is 2. The molecule has 0 aromatic heterocycles. The second-order valence-electron chi connectivity index (χ2n) is 8.11. The van der Waals surface area contributed by atoms with Crippen LogP contribution in [-0.4, -0.2) is 55.2 Å². The quantitative estimate of drug-likeness (QED) is 0.820. The van der Waals surface area contributed by atoms with Gasteiger partial charge in [0.1, 0.15) is 0 Å². The molecule has 1 aromatic rings. The number of benzene rings is 1. The van der Waals surface area contributed by atoms with Gasteiger partial charge in [0.2, 0.25) is 0 Å². The maximum absolute atomic E-state index is 12.7. The average Bonchev–Trinajstić information content (AvgIpc) is 3.09. The van der Waals surface area contributed by atoms with Crippen molar-refractivity contribution >= 4 is 11.6 Å². The third-order valence-corrected chi connectivity index (χ3v) is 5.91. The van der Waals surface area contributed by atoms with Crippen molar-refractivity contribution in [3.8, 4) is 0 Å². The van der Waals surface area contributed by atoms with Crippen LogP contribution in [0.15, 0.2) is 18.2 Å². The molecule has 0 bridgehead atoms. The predicted molar refractivity (Wildman–Crippen MR) is 106 cm³/mol. The van der Waals surface area contributed by atoms with Crippen molar-refractivity contribution in [2.24, 2.45) is 5.92 Å². The van der Waals surface area contributed by atoms with E-state index in [0.29, 0.717) is 24.5 Å². The maximum atomic E-state index is 12.7. The monoisotopic (exact) mass is 359 g/mol. The molecule has 2 heterocycles. The van der Waals surface area contributed by atoms with Crippen LogP contribution in [0.5, 0.6) is 0 Å². The molecule has 2 N–H and O–H groups in total. The normalized spacial score (nSPS) is 24.3. The zero-order chi connectivity index (χ0) is 18.7. The summed E-state index contributed by atoms with van der Waals surface area (Å²) in [6, 6.07) is 6.84. The van der Waals surface area contributed by atoms with Gasteiger partial charge in [-0.25, -0.2) is 0 Å². The summed E-state index contributed by atoms with van der Waals surface area (Å²) in [5.74, 6) is 0.514. The average molecular weight is 360 g/mol. The van der Waals surface area contributed by atoms with E-state index in [2.05, 4.69) is 36.3 Å². The molecule has 0 radical (unpaired) electrons. The third kappa shape index (κ3) is 4.38. The Kier molecular flexibility index (Phi) is 6.20. The molecule has 144 valence electrons. The Morgan fingerprint density at radius 3 is 2.92 bits per heavy atom. The van der Waals surface area contributed by atoms with Gasteiger partial charge in [-0.15, -0.1) is 0 Å². The number of rotatable bonds is 6. The van der Waals surface area contributed by atoms with Crippen molar-refractivity contribution in [2.75, 3.05) is 31.6 Å². The molecular weight excluding hydrogens is 326 g/mol. The molecule has 2 fully saturated rings. The van der Waals surface area contributed by atoms with E-state index < -0.39 is 0 Å². The van der Waals surface area contributed by atoms with Crippen LogP contribution >= 0.6 is 0 Å². The van der Waals surface area contributed by atoms with E-state index in [4.69, 9.17) is 4.74 Å². The first kappa shape index (κ1) is 19.2. The molecule has 0 spiro atoms. The van der Waals surface area contributed by atoms with Gasteiger partial charge in [-0.05, 0) is 56.8 Å². The van der Waals surface area contributed by atoms with Gasteiger partial charge in [-0.1, -0.05) is 19.9 Å². The van der Waals surface area contributed by atoms with Gasteiger partial charge in [-0.2, -0.15) is 0 Å². The highest BCUT2D eigenvalue weighted by atomic mass is 16.5. The minimum atomic E-state index is -0.0181. The Morgan fingerprint density at radius 2 is 2.15 bits per heavy atom. The fourth-order valence-electron chi connectivity index (χ4n) is 3.76. The topological polar surface area (TPSA) is 53.6 Å². The Labute approximate surface area is 157 Å². The van der Waals surface area contributed by atoms with E-state index in [1.807, 2.05) is 25.1 Å². The first-order chi connectivity index (χ1) is 12.5. The van der Waals surface area contributed by atoms with Crippen molar-refractivity contribution < 1.29 is 9.53 Å². The molecule has 2 aliphatic rings. The van der Waals surface area contributed by atoms with Gasteiger partial charge in [0.25, 0.3) is 5.91 Å². The molecule has 0 unspecified atom stereocenters. The fraction of sp³-hybridized carbons (Fsp3) is 0.667. The molecule has 1 aromatic carbocycles. The highest BCUT2D eigenvalue weighted by Gasteiger charge is 2.32. The number of carbonyl (C=O) groups is 1. The number of nitrogens with zero attached hydrogens (tertiary/aromatic N) is 1. The minimum Gasteiger partial charge on any atom is -0.382 e. The lowest BCUT2D eigenvalue weighted by atomic mass is 10.0. The molecule has 26 heavy (non-hydrogen) atoms. The molecule has 0 aliphatic carbocycles. The lowest BCUT2D eigenvalue weighted by Gasteiger charge is -2.35. The summed E-state index contributed by atoms with van der Waals surface area (Å²) in [5, 5.41) is 6.60. The van der Waals surface area contributed by atoms with E-state index in [1.165, 1.54) is 19.4 Å². The van der Waals surface area contributed by atoms with Gasteiger partial charge < -0.3 is 15.4 Å². The van der Waals surface area contributed by atoms with E-state index in [0.717, 1.165) is 30.0 Å². The summed E-state index contributed by atoms with van der Waals surface area (Å²) >= 11 is 0. The van der Waals surface area contributed by atoms with Gasteiger partial charge in [0.05, 0.1) is 12.7 Å². The second-order valence-corrected chi connectivity index (χ2v) is 8.11. The summed E-state index contributed by atoms with van der Waals surface area (Å²) in [6.45, 7) is 12.0. The lowest BCUT2D eigenvalue weighted by molar-refractivity contribution is -0.0461. The van der Waals surface area contributed by atoms with Gasteiger partial charge in [0, 0.05) is 36.4 Å². The van der Waals surface area contributed by atoms with Crippen LogP contribution in [0.4, 0.5) is 5.69 Å². The van der Waals surface area contributed by atoms with Crippen LogP contribution in [0.1, 0.15) is 49.5 Å². The van der Waals surface area contributed by atoms with Crippen molar-refractivity contribution in [3.63, 3.8) is 0 Å². The Balaban J connectivity index is 1.57. The number of hydrogen-bond donors (Lipinski definition) is 2. The largest absolute Gasteiger partial charge is 0.382 e. The number of hydrogen-bond acceptors (Lipinski definition) is 4. The summed E-state index contributed by atoms with van der Waals surface area (Å²) < 4.78 is 5.94. The summed E-state index contributed by atoms with van der Waals surface area (Å²) in [4.78, 5) is 15.2. The van der Waals surface area contributed by atoms with Crippen LogP contribution in [0.25, 0.3) is 0 Å². The van der Waals surface area contributed by atoms with E-state index in [-0.39, 0.29) is 12.0 Å². The maximum Gasteiger partial charge on any atom is 0.251 e. The highest BCUT2D eigenvalue weighted by molar-refractivity contribution is 5.97. The Bertz CT molecular complexity index is 632. The van der Waals surface area contributed by atoms with Crippen LogP contribution in [0.2, 0.25) is 0 Å². The van der Waals surface area contributed by atoms with Gasteiger partial charge in [-0.3, -0.25) is 9.69 Å². The molecule has 0 saturated carbocycles. The van der Waals surface area contributed by atoms with Gasteiger partial charge >= 0.3 is 0 Å². The first-order valence-electron chi connectivity index (χ1n) is 9.95. The highest BCUT2D eigenvalue weighted by Crippen LogP contribution is 2.23. The van der Waals surface area contributed by atoms with Crippen LogP contribution in [0.3, 0.4) is 0 Å². The van der Waals surface area contributed by atoms with Crippen LogP contribution in [-0.2, 0) is 4.74 Å². The molecule has 5 nitrogen and oxygen atoms in total. The van der Waals surface area contributed by atoms with E-state index >= 15 is 0 Å². The van der Waals surface area contributed by atoms with Crippen molar-refractivity contribution in [2.45, 2.75) is 58.7 Å². The first-order valence-corrected chi connectivity index (χ1v) is 9.95. The molecular formula is C21H33N3O2. The molecule has 2 aliphatic heterocycles. The Hall–Kier alpha value is -1.59. The van der Waals surface area contributed by atoms with E-state index in [9.17, 15) is 4.79 Å². The molecule has 3 rings (SSSR count). The zero-order valence-corrected chi connectivity index (χ0v) is 16.5. The molecule has 2 saturated heterocycles.